The van der Waals surface area contributed by atoms with Crippen LogP contribution in [0, 0.1) is 0 Å². The van der Waals surface area contributed by atoms with E-state index in [0.29, 0.717) is 18.0 Å². The molecule has 0 unspecified atom stereocenters. The minimum atomic E-state index is -0.192. The summed E-state index contributed by atoms with van der Waals surface area (Å²) < 4.78 is 6.95. The van der Waals surface area contributed by atoms with Crippen LogP contribution >= 0.6 is 0 Å². The van der Waals surface area contributed by atoms with Crippen molar-refractivity contribution in [2.45, 2.75) is 6.54 Å². The molecule has 6 nitrogen and oxygen atoms in total. The molecular weight excluding hydrogens is 280 g/mol. The molecule has 1 N–H and O–H groups in total. The quantitative estimate of drug-likeness (QED) is 0.798. The predicted octanol–water partition coefficient (Wildman–Crippen LogP) is 1.91. The van der Waals surface area contributed by atoms with Crippen LogP contribution in [0.25, 0.3) is 11.0 Å². The minimum Gasteiger partial charge on any atom is -0.481 e. The highest BCUT2D eigenvalue weighted by Crippen LogP contribution is 2.14. The number of methoxy groups -OCH3 is 1. The van der Waals surface area contributed by atoms with Gasteiger partial charge in [-0.05, 0) is 18.2 Å². The van der Waals surface area contributed by atoms with E-state index in [0.717, 1.165) is 16.9 Å². The van der Waals surface area contributed by atoms with E-state index >= 15 is 0 Å². The van der Waals surface area contributed by atoms with Crippen molar-refractivity contribution in [3.63, 3.8) is 0 Å². The maximum absolute atomic E-state index is 12.1. The second-order valence-corrected chi connectivity index (χ2v) is 4.85. The summed E-state index contributed by atoms with van der Waals surface area (Å²) in [5, 5.41) is 2.85. The molecule has 0 saturated heterocycles. The summed E-state index contributed by atoms with van der Waals surface area (Å²) in [6.45, 7) is 0.357. The Labute approximate surface area is 127 Å². The third kappa shape index (κ3) is 2.63. The number of pyridine rings is 1. The van der Waals surface area contributed by atoms with Crippen LogP contribution in [0.1, 0.15) is 16.2 Å². The molecule has 0 aliphatic carbocycles. The molecule has 0 radical (unpaired) electrons. The van der Waals surface area contributed by atoms with E-state index in [1.54, 1.807) is 12.1 Å². The molecule has 0 aliphatic heterocycles. The van der Waals surface area contributed by atoms with Gasteiger partial charge in [-0.3, -0.25) is 4.79 Å². The molecule has 6 heteroatoms. The minimum absolute atomic E-state index is 0.192. The summed E-state index contributed by atoms with van der Waals surface area (Å²) in [7, 11) is 3.47. The van der Waals surface area contributed by atoms with Crippen LogP contribution in [0.3, 0.4) is 0 Å². The molecule has 3 aromatic rings. The van der Waals surface area contributed by atoms with Crippen molar-refractivity contribution in [3.05, 3.63) is 54.0 Å². The molecule has 2 aromatic heterocycles. The molecule has 1 amide bonds. The van der Waals surface area contributed by atoms with Crippen molar-refractivity contribution in [2.24, 2.45) is 7.05 Å². The number of imidazole rings is 1. The smallest absolute Gasteiger partial charge is 0.253 e. The highest BCUT2D eigenvalue weighted by Gasteiger charge is 2.10. The zero-order valence-corrected chi connectivity index (χ0v) is 12.4. The van der Waals surface area contributed by atoms with Gasteiger partial charge in [-0.25, -0.2) is 9.97 Å². The van der Waals surface area contributed by atoms with Gasteiger partial charge in [0, 0.05) is 19.3 Å². The predicted molar refractivity (Wildman–Crippen MR) is 82.7 cm³/mol. The first kappa shape index (κ1) is 14.1. The van der Waals surface area contributed by atoms with Crippen LogP contribution in [-0.2, 0) is 13.6 Å². The summed E-state index contributed by atoms with van der Waals surface area (Å²) in [5.74, 6) is 1.09. The number of nitrogens with zero attached hydrogens (tertiary/aromatic N) is 3. The van der Waals surface area contributed by atoms with Gasteiger partial charge in [0.1, 0.15) is 5.82 Å². The van der Waals surface area contributed by atoms with Gasteiger partial charge in [0.15, 0.2) is 0 Å². The Balaban J connectivity index is 1.72. The Morgan fingerprint density at radius 3 is 2.77 bits per heavy atom. The summed E-state index contributed by atoms with van der Waals surface area (Å²) >= 11 is 0. The summed E-state index contributed by atoms with van der Waals surface area (Å²) in [6.07, 6.45) is 1.49. The van der Waals surface area contributed by atoms with Gasteiger partial charge in [-0.15, -0.1) is 0 Å². The van der Waals surface area contributed by atoms with E-state index in [-0.39, 0.29) is 5.91 Å². The fraction of sp³-hybridized carbons (Fsp3) is 0.188. The average molecular weight is 296 g/mol. The summed E-state index contributed by atoms with van der Waals surface area (Å²) in [5.41, 5.74) is 2.44. The van der Waals surface area contributed by atoms with Crippen molar-refractivity contribution < 1.29 is 9.53 Å². The van der Waals surface area contributed by atoms with Crippen molar-refractivity contribution in [1.29, 1.82) is 0 Å². The lowest BCUT2D eigenvalue weighted by atomic mass is 10.2. The lowest BCUT2D eigenvalue weighted by molar-refractivity contribution is 0.0949. The van der Waals surface area contributed by atoms with Gasteiger partial charge < -0.3 is 14.6 Å². The lowest BCUT2D eigenvalue weighted by Crippen LogP contribution is -2.24. The van der Waals surface area contributed by atoms with Gasteiger partial charge in [-0.1, -0.05) is 12.1 Å². The number of amides is 1. The molecular formula is C16H16N4O2. The maximum atomic E-state index is 12.1. The van der Waals surface area contributed by atoms with E-state index in [4.69, 9.17) is 4.74 Å². The molecule has 1 aromatic carbocycles. The number of rotatable bonds is 4. The monoisotopic (exact) mass is 296 g/mol. The number of aryl methyl sites for hydroxylation is 1. The molecule has 0 bridgehead atoms. The number of carbonyl (C=O) groups excluding carboxylic acids is 1. The molecule has 0 spiro atoms. The topological polar surface area (TPSA) is 69.0 Å². The van der Waals surface area contributed by atoms with E-state index in [1.807, 2.05) is 35.9 Å². The molecule has 2 heterocycles. The van der Waals surface area contributed by atoms with Crippen LogP contribution in [0.4, 0.5) is 0 Å². The van der Waals surface area contributed by atoms with E-state index in [9.17, 15) is 4.79 Å². The number of nitrogens with one attached hydrogen (secondary N) is 1. The molecule has 0 aliphatic rings. The Hall–Kier alpha value is -2.89. The molecule has 22 heavy (non-hydrogen) atoms. The SMILES string of the molecule is COc1ccc(C(=O)NCc2nc3ccccc3n2C)cn1. The molecule has 0 saturated carbocycles. The van der Waals surface area contributed by atoms with Crippen LogP contribution < -0.4 is 10.1 Å². The number of hydrogen-bond acceptors (Lipinski definition) is 4. The van der Waals surface area contributed by atoms with E-state index in [1.165, 1.54) is 13.3 Å². The van der Waals surface area contributed by atoms with Crippen molar-refractivity contribution >= 4 is 16.9 Å². The number of benzene rings is 1. The van der Waals surface area contributed by atoms with Crippen LogP contribution in [0.2, 0.25) is 0 Å². The zero-order valence-electron chi connectivity index (χ0n) is 12.4. The normalized spacial score (nSPS) is 10.6. The second kappa shape index (κ2) is 5.85. The highest BCUT2D eigenvalue weighted by molar-refractivity contribution is 5.93. The van der Waals surface area contributed by atoms with Gasteiger partial charge in [-0.2, -0.15) is 0 Å². The largest absolute Gasteiger partial charge is 0.481 e. The maximum Gasteiger partial charge on any atom is 0.253 e. The second-order valence-electron chi connectivity index (χ2n) is 4.85. The number of aromatic nitrogens is 3. The van der Waals surface area contributed by atoms with E-state index in [2.05, 4.69) is 15.3 Å². The third-order valence-electron chi connectivity index (χ3n) is 3.49. The Morgan fingerprint density at radius 1 is 1.27 bits per heavy atom. The van der Waals surface area contributed by atoms with Crippen LogP contribution in [-0.4, -0.2) is 27.6 Å². The first-order valence-electron chi connectivity index (χ1n) is 6.87. The first-order valence-corrected chi connectivity index (χ1v) is 6.87. The van der Waals surface area contributed by atoms with Crippen molar-refractivity contribution in [2.75, 3.05) is 7.11 Å². The fourth-order valence-electron chi connectivity index (χ4n) is 2.25. The summed E-state index contributed by atoms with van der Waals surface area (Å²) in [4.78, 5) is 20.7. The Kier molecular flexibility index (Phi) is 3.74. The molecule has 0 fully saturated rings. The lowest BCUT2D eigenvalue weighted by Gasteiger charge is -2.06. The number of fused-ring (bicyclic) bond motifs is 1. The van der Waals surface area contributed by atoms with Gasteiger partial charge in [0.2, 0.25) is 5.88 Å². The summed E-state index contributed by atoms with van der Waals surface area (Å²) in [6, 6.07) is 11.2. The molecule has 0 atom stereocenters. The molecule has 112 valence electrons. The van der Waals surface area contributed by atoms with Gasteiger partial charge in [0.25, 0.3) is 5.91 Å². The van der Waals surface area contributed by atoms with Gasteiger partial charge >= 0.3 is 0 Å². The van der Waals surface area contributed by atoms with Crippen molar-refractivity contribution in [3.8, 4) is 5.88 Å². The Morgan fingerprint density at radius 2 is 2.09 bits per heavy atom. The average Bonchev–Trinajstić information content (AvgIpc) is 2.89. The van der Waals surface area contributed by atoms with Gasteiger partial charge in [0.05, 0.1) is 30.3 Å². The highest BCUT2D eigenvalue weighted by atomic mass is 16.5. The standard InChI is InChI=1S/C16H16N4O2/c1-20-13-6-4-3-5-12(13)19-14(20)10-18-16(21)11-7-8-15(22-2)17-9-11/h3-9H,10H2,1-2H3,(H,18,21). The fourth-order valence-corrected chi connectivity index (χ4v) is 2.25. The zero-order chi connectivity index (χ0) is 15.5. The number of ether oxygens (including phenoxy) is 1. The first-order chi connectivity index (χ1) is 10.7. The van der Waals surface area contributed by atoms with E-state index < -0.39 is 0 Å². The number of carbonyl (C=O) groups is 1. The Bertz CT molecular complexity index is 809. The molecule has 3 rings (SSSR count). The number of hydrogen-bond donors (Lipinski definition) is 1. The van der Waals surface area contributed by atoms with Crippen molar-refractivity contribution in [1.82, 2.24) is 19.9 Å². The third-order valence-corrected chi connectivity index (χ3v) is 3.49. The van der Waals surface area contributed by atoms with Crippen LogP contribution in [0.15, 0.2) is 42.6 Å². The number of para-hydroxylation sites is 2. The van der Waals surface area contributed by atoms with Crippen LogP contribution in [0.5, 0.6) is 5.88 Å².